The van der Waals surface area contributed by atoms with Gasteiger partial charge in [0.1, 0.15) is 5.82 Å². The van der Waals surface area contributed by atoms with Gasteiger partial charge in [-0.15, -0.1) is 0 Å². The number of nitrogens with zero attached hydrogens (tertiary/aromatic N) is 6. The highest BCUT2D eigenvalue weighted by Crippen LogP contribution is 2.25. The summed E-state index contributed by atoms with van der Waals surface area (Å²) in [4.78, 5) is 19.5. The monoisotopic (exact) mass is 437 g/mol. The quantitative estimate of drug-likeness (QED) is 0.359. The largest absolute Gasteiger partial charge is 0.490 e. The zero-order valence-electron chi connectivity index (χ0n) is 17.7. The van der Waals surface area contributed by atoms with Gasteiger partial charge in [-0.1, -0.05) is 24.3 Å². The fourth-order valence-electron chi connectivity index (χ4n) is 3.20. The minimum absolute atomic E-state index is 0.167. The molecule has 3 N–H and O–H groups in total. The second kappa shape index (κ2) is 8.77. The van der Waals surface area contributed by atoms with E-state index in [9.17, 15) is 14.4 Å². The summed E-state index contributed by atoms with van der Waals surface area (Å²) in [6.07, 6.45) is 0. The number of anilines is 2. The molecule has 0 aliphatic carbocycles. The minimum Gasteiger partial charge on any atom is -0.468 e. The predicted octanol–water partition coefficient (Wildman–Crippen LogP) is 0.716. The Hall–Kier alpha value is -3.77. The molecule has 0 fully saturated rings. The summed E-state index contributed by atoms with van der Waals surface area (Å²) in [6, 6.07) is 11.4. The Labute approximate surface area is 183 Å². The first-order valence-electron chi connectivity index (χ1n) is 9.71. The number of rotatable bonds is 7. The van der Waals surface area contributed by atoms with Crippen molar-refractivity contribution in [3.8, 4) is 12.0 Å². The lowest BCUT2D eigenvalue weighted by molar-refractivity contribution is 0.374. The van der Waals surface area contributed by atoms with Crippen molar-refractivity contribution in [2.45, 2.75) is 6.54 Å². The van der Waals surface area contributed by atoms with Gasteiger partial charge in [0, 0.05) is 26.1 Å². The Morgan fingerprint density at radius 2 is 1.88 bits per heavy atom. The van der Waals surface area contributed by atoms with Crippen LogP contribution in [0.5, 0.6) is 6.01 Å². The maximum atomic E-state index is 13.5. The number of benzene rings is 2. The van der Waals surface area contributed by atoms with E-state index in [4.69, 9.17) is 4.74 Å². The van der Waals surface area contributed by atoms with Crippen molar-refractivity contribution in [3.63, 3.8) is 0 Å². The molecule has 0 radical (unpaired) electrons. The molecule has 10 nitrogen and oxygen atoms in total. The van der Waals surface area contributed by atoms with Crippen molar-refractivity contribution in [2.24, 2.45) is 0 Å². The van der Waals surface area contributed by atoms with Gasteiger partial charge in [0.05, 0.1) is 18.1 Å². The molecule has 164 valence electrons. The molecule has 2 aromatic carbocycles. The van der Waals surface area contributed by atoms with Gasteiger partial charge in [-0.25, -0.2) is 8.96 Å². The fraction of sp³-hybridized carbons (Fsp3) is 0.200. The van der Waals surface area contributed by atoms with Crippen molar-refractivity contribution in [2.75, 3.05) is 31.4 Å². The molecule has 0 spiro atoms. The SMILES string of the molecule is COc1nc2c(B(O)O)cccc2n1-c1nc(NCc2cccc(F)c2)nc(N(C)C)n1. The third-order valence-corrected chi connectivity index (χ3v) is 4.70. The average molecular weight is 437 g/mol. The van der Waals surface area contributed by atoms with Crippen molar-refractivity contribution in [1.29, 1.82) is 0 Å². The van der Waals surface area contributed by atoms with E-state index in [0.717, 1.165) is 5.56 Å². The van der Waals surface area contributed by atoms with Gasteiger partial charge in [0.15, 0.2) is 0 Å². The molecule has 0 amide bonds. The fourth-order valence-corrected chi connectivity index (χ4v) is 3.20. The van der Waals surface area contributed by atoms with Gasteiger partial charge in [0.25, 0.3) is 0 Å². The number of hydrogen-bond donors (Lipinski definition) is 3. The summed E-state index contributed by atoms with van der Waals surface area (Å²) >= 11 is 0. The molecule has 0 unspecified atom stereocenters. The third kappa shape index (κ3) is 4.18. The van der Waals surface area contributed by atoms with E-state index in [2.05, 4.69) is 25.3 Å². The van der Waals surface area contributed by atoms with E-state index < -0.39 is 7.12 Å². The van der Waals surface area contributed by atoms with Gasteiger partial charge in [0.2, 0.25) is 17.8 Å². The zero-order chi connectivity index (χ0) is 22.8. The molecule has 0 aliphatic rings. The molecule has 0 saturated carbocycles. The maximum Gasteiger partial charge on any atom is 0.490 e. The molecule has 4 aromatic rings. The molecule has 0 atom stereocenters. The highest BCUT2D eigenvalue weighted by atomic mass is 19.1. The topological polar surface area (TPSA) is 121 Å². The maximum absolute atomic E-state index is 13.5. The number of halogens is 1. The van der Waals surface area contributed by atoms with E-state index >= 15 is 0 Å². The molecule has 4 rings (SSSR count). The summed E-state index contributed by atoms with van der Waals surface area (Å²) < 4.78 is 20.5. The third-order valence-electron chi connectivity index (χ3n) is 4.70. The Morgan fingerprint density at radius 1 is 1.09 bits per heavy atom. The summed E-state index contributed by atoms with van der Waals surface area (Å²) in [7, 11) is 3.33. The van der Waals surface area contributed by atoms with Crippen LogP contribution in [0.2, 0.25) is 0 Å². The number of nitrogens with one attached hydrogen (secondary N) is 1. The van der Waals surface area contributed by atoms with Crippen LogP contribution in [0.4, 0.5) is 16.3 Å². The normalized spacial score (nSPS) is 10.9. The number of aromatic nitrogens is 5. The van der Waals surface area contributed by atoms with Gasteiger partial charge in [-0.3, -0.25) is 0 Å². The lowest BCUT2D eigenvalue weighted by atomic mass is 9.79. The van der Waals surface area contributed by atoms with E-state index in [-0.39, 0.29) is 29.2 Å². The van der Waals surface area contributed by atoms with Gasteiger partial charge in [-0.2, -0.15) is 19.9 Å². The first kappa shape index (κ1) is 21.5. The summed E-state index contributed by atoms with van der Waals surface area (Å²) in [5.74, 6) is 0.532. The minimum atomic E-state index is -1.70. The van der Waals surface area contributed by atoms with Gasteiger partial charge in [-0.05, 0) is 23.8 Å². The second-order valence-electron chi connectivity index (χ2n) is 7.16. The predicted molar refractivity (Wildman–Crippen MR) is 119 cm³/mol. The van der Waals surface area contributed by atoms with Crippen LogP contribution >= 0.6 is 0 Å². The van der Waals surface area contributed by atoms with Crippen LogP contribution in [0.1, 0.15) is 5.56 Å². The molecule has 0 bridgehead atoms. The number of para-hydroxylation sites is 1. The van der Waals surface area contributed by atoms with Crippen LogP contribution in [-0.4, -0.2) is 62.9 Å². The van der Waals surface area contributed by atoms with E-state index in [1.165, 1.54) is 19.2 Å². The van der Waals surface area contributed by atoms with Crippen LogP contribution in [-0.2, 0) is 6.54 Å². The highest BCUT2D eigenvalue weighted by molar-refractivity contribution is 6.61. The first-order valence-corrected chi connectivity index (χ1v) is 9.71. The van der Waals surface area contributed by atoms with E-state index in [0.29, 0.717) is 23.5 Å². The van der Waals surface area contributed by atoms with Crippen molar-refractivity contribution in [1.82, 2.24) is 24.5 Å². The van der Waals surface area contributed by atoms with Crippen molar-refractivity contribution >= 4 is 35.5 Å². The molecule has 32 heavy (non-hydrogen) atoms. The number of imidazole rings is 1. The number of methoxy groups -OCH3 is 1. The Balaban J connectivity index is 1.81. The van der Waals surface area contributed by atoms with E-state index in [1.54, 1.807) is 53.9 Å². The van der Waals surface area contributed by atoms with Crippen LogP contribution in [0.3, 0.4) is 0 Å². The Morgan fingerprint density at radius 3 is 2.56 bits per heavy atom. The highest BCUT2D eigenvalue weighted by Gasteiger charge is 2.23. The van der Waals surface area contributed by atoms with Gasteiger partial charge >= 0.3 is 13.1 Å². The lowest BCUT2D eigenvalue weighted by Crippen LogP contribution is -2.30. The Bertz CT molecular complexity index is 1270. The Kier molecular flexibility index (Phi) is 5.88. The van der Waals surface area contributed by atoms with Crippen LogP contribution < -0.4 is 20.4 Å². The van der Waals surface area contributed by atoms with Crippen LogP contribution in [0.15, 0.2) is 42.5 Å². The van der Waals surface area contributed by atoms with Crippen molar-refractivity contribution in [3.05, 3.63) is 53.8 Å². The zero-order valence-corrected chi connectivity index (χ0v) is 17.7. The number of hydrogen-bond acceptors (Lipinski definition) is 9. The molecule has 2 aromatic heterocycles. The lowest BCUT2D eigenvalue weighted by Gasteiger charge is -2.15. The molecule has 0 saturated heterocycles. The summed E-state index contributed by atoms with van der Waals surface area (Å²) in [5, 5.41) is 22.5. The average Bonchev–Trinajstić information content (AvgIpc) is 3.16. The summed E-state index contributed by atoms with van der Waals surface area (Å²) in [5.41, 5.74) is 1.83. The first-order chi connectivity index (χ1) is 15.4. The van der Waals surface area contributed by atoms with Crippen LogP contribution in [0.25, 0.3) is 17.0 Å². The van der Waals surface area contributed by atoms with Crippen LogP contribution in [0, 0.1) is 5.82 Å². The molecule has 0 aliphatic heterocycles. The molecule has 12 heteroatoms. The number of ether oxygens (including phenoxy) is 1. The summed E-state index contributed by atoms with van der Waals surface area (Å²) in [6.45, 7) is 0.302. The number of fused-ring (bicyclic) bond motifs is 1. The molecular weight excluding hydrogens is 416 g/mol. The molecular formula is C20H21BFN7O3. The van der Waals surface area contributed by atoms with E-state index in [1.807, 2.05) is 0 Å². The van der Waals surface area contributed by atoms with Crippen molar-refractivity contribution < 1.29 is 19.2 Å². The van der Waals surface area contributed by atoms with Gasteiger partial charge < -0.3 is 25.0 Å². The second-order valence-corrected chi connectivity index (χ2v) is 7.16. The smallest absolute Gasteiger partial charge is 0.468 e. The molecule has 2 heterocycles. The standard InChI is InChI=1S/C20H21BFN7O3/c1-28(2)18-25-17(23-11-12-6-4-7-13(22)10-12)26-19(27-18)29-15-9-5-8-14(21(30)31)16(15)24-20(29)32-3/h4-10,30-31H,11H2,1-3H3,(H,23,25,26,27).